The van der Waals surface area contributed by atoms with E-state index in [2.05, 4.69) is 9.97 Å². The van der Waals surface area contributed by atoms with E-state index in [1.54, 1.807) is 24.4 Å². The van der Waals surface area contributed by atoms with Crippen LogP contribution < -0.4 is 0 Å². The molecule has 0 saturated carbocycles. The first-order chi connectivity index (χ1) is 10.1. The zero-order valence-electron chi connectivity index (χ0n) is 10.6. The molecule has 0 aliphatic rings. The van der Waals surface area contributed by atoms with Crippen LogP contribution in [0.2, 0.25) is 5.15 Å². The van der Waals surface area contributed by atoms with Crippen LogP contribution in [0.3, 0.4) is 0 Å². The predicted octanol–water partition coefficient (Wildman–Crippen LogP) is 4.43. The van der Waals surface area contributed by atoms with Crippen molar-refractivity contribution < 1.29 is 4.92 Å². The Kier molecular flexibility index (Phi) is 3.64. The van der Waals surface area contributed by atoms with Crippen LogP contribution >= 0.6 is 22.9 Å². The molecule has 3 rings (SSSR count). The minimum atomic E-state index is -0.421. The molecule has 0 aliphatic heterocycles. The summed E-state index contributed by atoms with van der Waals surface area (Å²) in [6.45, 7) is 0. The number of rotatable bonds is 3. The first kappa shape index (κ1) is 13.7. The van der Waals surface area contributed by atoms with E-state index in [9.17, 15) is 10.1 Å². The monoisotopic (exact) mass is 317 g/mol. The standard InChI is InChI=1S/C14H8ClN3O2S/c15-13-7-10(5-6-16-13)14-17-12(8-21-14)9-1-3-11(4-2-9)18(19)20/h1-8H. The summed E-state index contributed by atoms with van der Waals surface area (Å²) in [6.07, 6.45) is 1.63. The molecule has 2 aromatic heterocycles. The predicted molar refractivity (Wildman–Crippen MR) is 82.4 cm³/mol. The maximum Gasteiger partial charge on any atom is 0.269 e. The van der Waals surface area contributed by atoms with Crippen molar-refractivity contribution in [1.82, 2.24) is 9.97 Å². The Labute approximate surface area is 129 Å². The van der Waals surface area contributed by atoms with Crippen LogP contribution in [0.5, 0.6) is 0 Å². The molecule has 0 radical (unpaired) electrons. The van der Waals surface area contributed by atoms with Gasteiger partial charge < -0.3 is 0 Å². The lowest BCUT2D eigenvalue weighted by Crippen LogP contribution is -1.87. The third-order valence-electron chi connectivity index (χ3n) is 2.85. The Balaban J connectivity index is 1.93. The number of aromatic nitrogens is 2. The average molecular weight is 318 g/mol. The number of thiazole rings is 1. The summed E-state index contributed by atoms with van der Waals surface area (Å²) in [5, 5.41) is 13.8. The van der Waals surface area contributed by atoms with Crippen molar-refractivity contribution in [3.8, 4) is 21.8 Å². The smallest absolute Gasteiger partial charge is 0.258 e. The van der Waals surface area contributed by atoms with Crippen LogP contribution in [0.1, 0.15) is 0 Å². The Morgan fingerprint density at radius 2 is 1.90 bits per heavy atom. The number of nitro groups is 1. The Bertz CT molecular complexity index is 802. The number of non-ortho nitro benzene ring substituents is 1. The van der Waals surface area contributed by atoms with Gasteiger partial charge in [-0.2, -0.15) is 0 Å². The molecule has 2 heterocycles. The summed E-state index contributed by atoms with van der Waals surface area (Å²) < 4.78 is 0. The van der Waals surface area contributed by atoms with E-state index in [1.807, 2.05) is 11.4 Å². The van der Waals surface area contributed by atoms with E-state index in [4.69, 9.17) is 11.6 Å². The van der Waals surface area contributed by atoms with Gasteiger partial charge in [-0.1, -0.05) is 11.6 Å². The number of hydrogen-bond acceptors (Lipinski definition) is 5. The molecular weight excluding hydrogens is 310 g/mol. The van der Waals surface area contributed by atoms with Gasteiger partial charge in [-0.15, -0.1) is 11.3 Å². The second-order valence-electron chi connectivity index (χ2n) is 4.21. The second-order valence-corrected chi connectivity index (χ2v) is 5.45. The molecule has 104 valence electrons. The SMILES string of the molecule is O=[N+]([O-])c1ccc(-c2csc(-c3ccnc(Cl)c3)n2)cc1. The van der Waals surface area contributed by atoms with Gasteiger partial charge in [0.1, 0.15) is 10.2 Å². The van der Waals surface area contributed by atoms with Crippen LogP contribution in [-0.2, 0) is 0 Å². The van der Waals surface area contributed by atoms with Gasteiger partial charge in [0.15, 0.2) is 0 Å². The average Bonchev–Trinajstić information content (AvgIpc) is 2.97. The Hall–Kier alpha value is -2.31. The topological polar surface area (TPSA) is 68.9 Å². The third kappa shape index (κ3) is 2.91. The minimum Gasteiger partial charge on any atom is -0.258 e. The first-order valence-corrected chi connectivity index (χ1v) is 7.21. The van der Waals surface area contributed by atoms with Gasteiger partial charge in [-0.25, -0.2) is 9.97 Å². The molecule has 0 aliphatic carbocycles. The van der Waals surface area contributed by atoms with Gasteiger partial charge in [0.05, 0.1) is 10.6 Å². The highest BCUT2D eigenvalue weighted by Crippen LogP contribution is 2.30. The fraction of sp³-hybridized carbons (Fsp3) is 0. The number of hydrogen-bond donors (Lipinski definition) is 0. The molecule has 0 N–H and O–H groups in total. The summed E-state index contributed by atoms with van der Waals surface area (Å²) in [5.41, 5.74) is 2.57. The van der Waals surface area contributed by atoms with E-state index in [0.29, 0.717) is 5.15 Å². The number of halogens is 1. The molecule has 0 saturated heterocycles. The molecule has 5 nitrogen and oxygen atoms in total. The molecule has 0 amide bonds. The summed E-state index contributed by atoms with van der Waals surface area (Å²) >= 11 is 7.35. The van der Waals surface area contributed by atoms with Crippen LogP contribution in [-0.4, -0.2) is 14.9 Å². The molecule has 3 aromatic rings. The van der Waals surface area contributed by atoms with Crippen LogP contribution in [0, 0.1) is 10.1 Å². The van der Waals surface area contributed by atoms with Crippen molar-refractivity contribution in [3.05, 3.63) is 63.2 Å². The van der Waals surface area contributed by atoms with E-state index in [-0.39, 0.29) is 5.69 Å². The molecule has 21 heavy (non-hydrogen) atoms. The second kappa shape index (κ2) is 5.59. The molecule has 7 heteroatoms. The van der Waals surface area contributed by atoms with Crippen molar-refractivity contribution in [2.24, 2.45) is 0 Å². The molecule has 1 aromatic carbocycles. The molecule has 0 fully saturated rings. The quantitative estimate of drug-likeness (QED) is 0.407. The fourth-order valence-electron chi connectivity index (χ4n) is 1.83. The summed E-state index contributed by atoms with van der Waals surface area (Å²) in [4.78, 5) is 18.7. The summed E-state index contributed by atoms with van der Waals surface area (Å²) in [7, 11) is 0. The van der Waals surface area contributed by atoms with Gasteiger partial charge in [0.25, 0.3) is 5.69 Å². The van der Waals surface area contributed by atoms with Crippen molar-refractivity contribution in [2.45, 2.75) is 0 Å². The summed E-state index contributed by atoms with van der Waals surface area (Å²) in [5.74, 6) is 0. The van der Waals surface area contributed by atoms with E-state index in [0.717, 1.165) is 21.8 Å². The zero-order valence-corrected chi connectivity index (χ0v) is 12.1. The van der Waals surface area contributed by atoms with Gasteiger partial charge in [-0.3, -0.25) is 10.1 Å². The highest BCUT2D eigenvalue weighted by molar-refractivity contribution is 7.13. The van der Waals surface area contributed by atoms with Crippen molar-refractivity contribution in [2.75, 3.05) is 0 Å². The van der Waals surface area contributed by atoms with Crippen molar-refractivity contribution in [3.63, 3.8) is 0 Å². The third-order valence-corrected chi connectivity index (χ3v) is 3.95. The number of pyridine rings is 1. The maximum atomic E-state index is 10.6. The number of nitrogens with zero attached hydrogens (tertiary/aromatic N) is 3. The molecule has 0 atom stereocenters. The van der Waals surface area contributed by atoms with Gasteiger partial charge in [-0.05, 0) is 24.3 Å². The number of nitro benzene ring substituents is 1. The van der Waals surface area contributed by atoms with Crippen molar-refractivity contribution in [1.29, 1.82) is 0 Å². The number of benzene rings is 1. The van der Waals surface area contributed by atoms with Crippen molar-refractivity contribution >= 4 is 28.6 Å². The van der Waals surface area contributed by atoms with E-state index >= 15 is 0 Å². The maximum absolute atomic E-state index is 10.6. The highest BCUT2D eigenvalue weighted by atomic mass is 35.5. The fourth-order valence-corrected chi connectivity index (χ4v) is 2.83. The minimum absolute atomic E-state index is 0.0649. The molecule has 0 unspecified atom stereocenters. The van der Waals surface area contributed by atoms with E-state index < -0.39 is 4.92 Å². The lowest BCUT2D eigenvalue weighted by molar-refractivity contribution is -0.384. The van der Waals surface area contributed by atoms with Crippen LogP contribution in [0.4, 0.5) is 5.69 Å². The summed E-state index contributed by atoms with van der Waals surface area (Å²) in [6, 6.07) is 9.91. The normalized spacial score (nSPS) is 10.5. The first-order valence-electron chi connectivity index (χ1n) is 5.96. The van der Waals surface area contributed by atoms with Gasteiger partial charge in [0.2, 0.25) is 0 Å². The Morgan fingerprint density at radius 1 is 1.14 bits per heavy atom. The molecule has 0 bridgehead atoms. The largest absolute Gasteiger partial charge is 0.269 e. The van der Waals surface area contributed by atoms with E-state index in [1.165, 1.54) is 23.5 Å². The molecule has 0 spiro atoms. The highest BCUT2D eigenvalue weighted by Gasteiger charge is 2.09. The van der Waals surface area contributed by atoms with Crippen LogP contribution in [0.25, 0.3) is 21.8 Å². The van der Waals surface area contributed by atoms with Crippen LogP contribution in [0.15, 0.2) is 48.0 Å². The van der Waals surface area contributed by atoms with Gasteiger partial charge >= 0.3 is 0 Å². The Morgan fingerprint density at radius 3 is 2.57 bits per heavy atom. The molecular formula is C14H8ClN3O2S. The lowest BCUT2D eigenvalue weighted by Gasteiger charge is -1.97. The van der Waals surface area contributed by atoms with Gasteiger partial charge in [0, 0.05) is 34.8 Å². The lowest BCUT2D eigenvalue weighted by atomic mass is 10.1. The zero-order chi connectivity index (χ0) is 14.8.